The van der Waals surface area contributed by atoms with Crippen LogP contribution in [-0.4, -0.2) is 16.9 Å². The lowest BCUT2D eigenvalue weighted by Gasteiger charge is -2.08. The van der Waals surface area contributed by atoms with Crippen LogP contribution in [0.5, 0.6) is 0 Å². The molecule has 0 aliphatic rings. The molecule has 5 nitrogen and oxygen atoms in total. The van der Waals surface area contributed by atoms with E-state index in [1.54, 1.807) is 6.08 Å². The van der Waals surface area contributed by atoms with Crippen molar-refractivity contribution in [2.24, 2.45) is 0 Å². The van der Waals surface area contributed by atoms with E-state index in [0.29, 0.717) is 6.42 Å². The molecule has 0 fully saturated rings. The summed E-state index contributed by atoms with van der Waals surface area (Å²) in [5.41, 5.74) is 4.85. The first-order valence-electron chi connectivity index (χ1n) is 5.73. The van der Waals surface area contributed by atoms with Gasteiger partial charge in [-0.2, -0.15) is 0 Å². The molecule has 1 aromatic rings. The smallest absolute Gasteiger partial charge is 0.250 e. The van der Waals surface area contributed by atoms with Gasteiger partial charge in [0.15, 0.2) is 5.11 Å². The lowest BCUT2D eigenvalue weighted by Crippen LogP contribution is -2.48. The van der Waals surface area contributed by atoms with Crippen molar-refractivity contribution in [3.63, 3.8) is 0 Å². The number of hydrazine groups is 1. The molecule has 1 rings (SSSR count). The highest BCUT2D eigenvalue weighted by molar-refractivity contribution is 7.80. The average molecular weight is 297 g/mol. The quantitative estimate of drug-likeness (QED) is 0.448. The molecule has 0 atom stereocenters. The first kappa shape index (κ1) is 15.3. The van der Waals surface area contributed by atoms with Crippen molar-refractivity contribution in [2.45, 2.75) is 19.8 Å². The maximum atomic E-state index is 11.5. The second-order valence-corrected chi connectivity index (χ2v) is 4.98. The van der Waals surface area contributed by atoms with Gasteiger partial charge in [-0.3, -0.25) is 25.8 Å². The van der Waals surface area contributed by atoms with Gasteiger partial charge in [-0.1, -0.05) is 13.0 Å². The second kappa shape index (κ2) is 8.39. The summed E-state index contributed by atoms with van der Waals surface area (Å²) >= 11 is 6.39. The zero-order valence-corrected chi connectivity index (χ0v) is 12.1. The molecule has 0 saturated carbocycles. The van der Waals surface area contributed by atoms with Crippen LogP contribution in [0.1, 0.15) is 24.6 Å². The fourth-order valence-corrected chi connectivity index (χ4v) is 1.91. The van der Waals surface area contributed by atoms with Gasteiger partial charge < -0.3 is 0 Å². The first-order chi connectivity index (χ1) is 9.11. The number of nitrogens with one attached hydrogen (secondary N) is 3. The monoisotopic (exact) mass is 297 g/mol. The van der Waals surface area contributed by atoms with Gasteiger partial charge in [0.2, 0.25) is 11.8 Å². The van der Waals surface area contributed by atoms with Crippen LogP contribution in [0.25, 0.3) is 6.08 Å². The third kappa shape index (κ3) is 6.68. The van der Waals surface area contributed by atoms with Crippen LogP contribution in [0.15, 0.2) is 23.6 Å². The van der Waals surface area contributed by atoms with E-state index in [9.17, 15) is 9.59 Å². The Hall–Kier alpha value is -1.73. The van der Waals surface area contributed by atoms with Gasteiger partial charge in [0.25, 0.3) is 0 Å². The number of carbonyl (C=O) groups is 2. The number of amides is 2. The molecule has 1 heterocycles. The molecule has 0 saturated heterocycles. The SMILES string of the molecule is CCCC(=O)NNC(=S)NC(=O)/C=C/c1cccs1. The normalized spacial score (nSPS) is 10.2. The number of hydrogen-bond donors (Lipinski definition) is 3. The zero-order valence-electron chi connectivity index (χ0n) is 10.4. The number of carbonyl (C=O) groups excluding carboxylic acids is 2. The van der Waals surface area contributed by atoms with Crippen LogP contribution < -0.4 is 16.2 Å². The maximum absolute atomic E-state index is 11.5. The van der Waals surface area contributed by atoms with Crippen LogP contribution >= 0.6 is 23.6 Å². The summed E-state index contributed by atoms with van der Waals surface area (Å²) in [4.78, 5) is 23.6. The summed E-state index contributed by atoms with van der Waals surface area (Å²) < 4.78 is 0. The fraction of sp³-hybridized carbons (Fsp3) is 0.250. The molecule has 0 spiro atoms. The molecule has 2 amide bonds. The lowest BCUT2D eigenvalue weighted by molar-refractivity contribution is -0.122. The molecule has 0 aliphatic heterocycles. The summed E-state index contributed by atoms with van der Waals surface area (Å²) in [6, 6.07) is 3.80. The minimum Gasteiger partial charge on any atom is -0.298 e. The molecule has 0 unspecified atom stereocenters. The van der Waals surface area contributed by atoms with Gasteiger partial charge in [-0.15, -0.1) is 11.3 Å². The van der Waals surface area contributed by atoms with E-state index in [4.69, 9.17) is 12.2 Å². The minimum absolute atomic E-state index is 0.0604. The molecule has 0 aromatic carbocycles. The van der Waals surface area contributed by atoms with Crippen molar-refractivity contribution < 1.29 is 9.59 Å². The van der Waals surface area contributed by atoms with E-state index < -0.39 is 0 Å². The largest absolute Gasteiger partial charge is 0.298 e. The zero-order chi connectivity index (χ0) is 14.1. The minimum atomic E-state index is -0.351. The van der Waals surface area contributed by atoms with Gasteiger partial charge in [0, 0.05) is 17.4 Å². The van der Waals surface area contributed by atoms with E-state index in [0.717, 1.165) is 11.3 Å². The Kier molecular flexibility index (Phi) is 6.76. The summed E-state index contributed by atoms with van der Waals surface area (Å²) in [7, 11) is 0. The van der Waals surface area contributed by atoms with Crippen LogP contribution in [0.4, 0.5) is 0 Å². The summed E-state index contributed by atoms with van der Waals surface area (Å²) in [5.74, 6) is -0.524. The first-order valence-corrected chi connectivity index (χ1v) is 7.02. The van der Waals surface area contributed by atoms with Gasteiger partial charge in [0.05, 0.1) is 0 Å². The lowest BCUT2D eigenvalue weighted by atomic mass is 10.3. The molecule has 7 heteroatoms. The molecule has 1 aromatic heterocycles. The number of thiophene rings is 1. The van der Waals surface area contributed by atoms with Gasteiger partial charge in [-0.25, -0.2) is 0 Å². The molecule has 0 aliphatic carbocycles. The number of rotatable bonds is 4. The third-order valence-corrected chi connectivity index (χ3v) is 3.01. The molecule has 0 radical (unpaired) electrons. The van der Waals surface area contributed by atoms with Crippen LogP contribution in [0, 0.1) is 0 Å². The van der Waals surface area contributed by atoms with Crippen LogP contribution in [-0.2, 0) is 9.59 Å². The summed E-state index contributed by atoms with van der Waals surface area (Å²) in [6.45, 7) is 1.90. The second-order valence-electron chi connectivity index (χ2n) is 3.59. The number of hydrogen-bond acceptors (Lipinski definition) is 4. The molecule has 0 bridgehead atoms. The van der Waals surface area contributed by atoms with Crippen LogP contribution in [0.3, 0.4) is 0 Å². The van der Waals surface area contributed by atoms with Crippen molar-refractivity contribution in [1.82, 2.24) is 16.2 Å². The fourth-order valence-electron chi connectivity index (χ4n) is 1.14. The summed E-state index contributed by atoms with van der Waals surface area (Å²) in [5, 5.41) is 4.41. The number of thiocarbonyl (C=S) groups is 1. The van der Waals surface area contributed by atoms with Crippen molar-refractivity contribution in [3.8, 4) is 0 Å². The molecule has 19 heavy (non-hydrogen) atoms. The Labute approximate surface area is 121 Å². The Morgan fingerprint density at radius 2 is 2.21 bits per heavy atom. The van der Waals surface area contributed by atoms with Crippen LogP contribution in [0.2, 0.25) is 0 Å². The predicted molar refractivity (Wildman–Crippen MR) is 80.3 cm³/mol. The van der Waals surface area contributed by atoms with E-state index in [1.807, 2.05) is 24.4 Å². The molecule has 3 N–H and O–H groups in total. The maximum Gasteiger partial charge on any atom is 0.250 e. The highest BCUT2D eigenvalue weighted by Crippen LogP contribution is 2.09. The highest BCUT2D eigenvalue weighted by Gasteiger charge is 2.02. The predicted octanol–water partition coefficient (Wildman–Crippen LogP) is 1.58. The van der Waals surface area contributed by atoms with E-state index in [2.05, 4.69) is 16.2 Å². The van der Waals surface area contributed by atoms with Gasteiger partial charge >= 0.3 is 0 Å². The summed E-state index contributed by atoms with van der Waals surface area (Å²) in [6.07, 6.45) is 4.23. The molecular weight excluding hydrogens is 282 g/mol. The Bertz CT molecular complexity index is 469. The Morgan fingerprint density at radius 1 is 1.42 bits per heavy atom. The van der Waals surface area contributed by atoms with Gasteiger partial charge in [0.1, 0.15) is 0 Å². The van der Waals surface area contributed by atoms with Crippen molar-refractivity contribution in [1.29, 1.82) is 0 Å². The van der Waals surface area contributed by atoms with Crippen molar-refractivity contribution in [2.75, 3.05) is 0 Å². The van der Waals surface area contributed by atoms with E-state index in [1.165, 1.54) is 17.4 Å². The topological polar surface area (TPSA) is 70.2 Å². The van der Waals surface area contributed by atoms with Gasteiger partial charge in [-0.05, 0) is 36.2 Å². The Morgan fingerprint density at radius 3 is 2.84 bits per heavy atom. The van der Waals surface area contributed by atoms with Crippen molar-refractivity contribution >= 4 is 46.6 Å². The Balaban J connectivity index is 2.28. The van der Waals surface area contributed by atoms with E-state index in [-0.39, 0.29) is 16.9 Å². The molecular formula is C12H15N3O2S2. The third-order valence-electron chi connectivity index (χ3n) is 1.97. The highest BCUT2D eigenvalue weighted by atomic mass is 32.1. The standard InChI is InChI=1S/C12H15N3O2S2/c1-2-4-11(17)14-15-12(18)13-10(16)7-6-9-5-3-8-19-9/h3,5-8H,2,4H2,1H3,(H,14,17)(H2,13,15,16,18)/b7-6+. The average Bonchev–Trinajstić information content (AvgIpc) is 2.87. The molecule has 102 valence electrons. The van der Waals surface area contributed by atoms with E-state index >= 15 is 0 Å². The van der Waals surface area contributed by atoms with Crippen molar-refractivity contribution in [3.05, 3.63) is 28.5 Å².